The van der Waals surface area contributed by atoms with Crippen molar-refractivity contribution in [3.63, 3.8) is 0 Å². The molecule has 1 aromatic heterocycles. The van der Waals surface area contributed by atoms with Crippen molar-refractivity contribution >= 4 is 40.5 Å². The van der Waals surface area contributed by atoms with Crippen LogP contribution in [0.1, 0.15) is 10.4 Å². The molecule has 0 saturated heterocycles. The van der Waals surface area contributed by atoms with Crippen LogP contribution in [0.4, 0.5) is 0 Å². The number of thiophene rings is 1. The second-order valence-corrected chi connectivity index (χ2v) is 8.51. The SMILES string of the molecule is COc1ccc(CN2C(=O)C(Sc3ccccc3)=C(c3cccs3)C2=O)cc1OC. The molecule has 0 atom stereocenters. The van der Waals surface area contributed by atoms with Gasteiger partial charge < -0.3 is 9.47 Å². The summed E-state index contributed by atoms with van der Waals surface area (Å²) in [4.78, 5) is 30.0. The molecule has 0 fully saturated rings. The summed E-state index contributed by atoms with van der Waals surface area (Å²) in [5.41, 5.74) is 1.25. The molecule has 1 aliphatic heterocycles. The van der Waals surface area contributed by atoms with Gasteiger partial charge in [-0.1, -0.05) is 42.1 Å². The van der Waals surface area contributed by atoms with Crippen LogP contribution in [0.3, 0.4) is 0 Å². The van der Waals surface area contributed by atoms with Crippen LogP contribution in [-0.4, -0.2) is 30.9 Å². The number of imide groups is 1. The van der Waals surface area contributed by atoms with Gasteiger partial charge in [0.1, 0.15) is 0 Å². The Morgan fingerprint density at radius 2 is 1.67 bits per heavy atom. The van der Waals surface area contributed by atoms with E-state index < -0.39 is 0 Å². The molecular weight excluding hydrogens is 418 g/mol. The molecule has 2 amide bonds. The Balaban J connectivity index is 1.67. The Morgan fingerprint density at radius 1 is 0.900 bits per heavy atom. The van der Waals surface area contributed by atoms with Crippen molar-refractivity contribution in [3.05, 3.63) is 81.4 Å². The highest BCUT2D eigenvalue weighted by atomic mass is 32.2. The highest BCUT2D eigenvalue weighted by Gasteiger charge is 2.39. The average molecular weight is 438 g/mol. The first-order valence-corrected chi connectivity index (χ1v) is 10.9. The number of hydrogen-bond acceptors (Lipinski definition) is 6. The molecule has 3 aromatic rings. The van der Waals surface area contributed by atoms with E-state index in [4.69, 9.17) is 9.47 Å². The van der Waals surface area contributed by atoms with E-state index in [2.05, 4.69) is 0 Å². The van der Waals surface area contributed by atoms with Crippen molar-refractivity contribution in [2.24, 2.45) is 0 Å². The summed E-state index contributed by atoms with van der Waals surface area (Å²) in [7, 11) is 3.12. The molecule has 0 bridgehead atoms. The number of rotatable bonds is 7. The third-order valence-electron chi connectivity index (χ3n) is 4.64. The van der Waals surface area contributed by atoms with Crippen molar-refractivity contribution in [2.75, 3.05) is 14.2 Å². The number of methoxy groups -OCH3 is 2. The maximum Gasteiger partial charge on any atom is 0.268 e. The van der Waals surface area contributed by atoms with Gasteiger partial charge in [0.05, 0.1) is 31.2 Å². The van der Waals surface area contributed by atoms with E-state index in [1.807, 2.05) is 53.9 Å². The molecule has 1 aliphatic rings. The van der Waals surface area contributed by atoms with E-state index in [1.165, 1.54) is 28.0 Å². The minimum Gasteiger partial charge on any atom is -0.493 e. The fourth-order valence-corrected chi connectivity index (χ4v) is 5.06. The molecule has 7 heteroatoms. The number of ether oxygens (including phenoxy) is 2. The van der Waals surface area contributed by atoms with E-state index in [1.54, 1.807) is 26.4 Å². The first kappa shape index (κ1) is 20.3. The third kappa shape index (κ3) is 3.86. The zero-order chi connectivity index (χ0) is 21.1. The lowest BCUT2D eigenvalue weighted by atomic mass is 10.2. The summed E-state index contributed by atoms with van der Waals surface area (Å²) < 4.78 is 10.6. The minimum atomic E-state index is -0.285. The van der Waals surface area contributed by atoms with Crippen molar-refractivity contribution in [1.29, 1.82) is 0 Å². The summed E-state index contributed by atoms with van der Waals surface area (Å²) in [5.74, 6) is 0.583. The number of thioether (sulfide) groups is 1. The van der Waals surface area contributed by atoms with Crippen LogP contribution in [0.25, 0.3) is 5.57 Å². The van der Waals surface area contributed by atoms with E-state index >= 15 is 0 Å². The van der Waals surface area contributed by atoms with Gasteiger partial charge >= 0.3 is 0 Å². The molecule has 0 saturated carbocycles. The van der Waals surface area contributed by atoms with Gasteiger partial charge in [-0.3, -0.25) is 14.5 Å². The van der Waals surface area contributed by atoms with Crippen molar-refractivity contribution < 1.29 is 19.1 Å². The fourth-order valence-electron chi connectivity index (χ4n) is 3.20. The van der Waals surface area contributed by atoms with Crippen LogP contribution in [0.2, 0.25) is 0 Å². The monoisotopic (exact) mass is 437 g/mol. The molecule has 0 unspecified atom stereocenters. The van der Waals surface area contributed by atoms with Gasteiger partial charge in [0.25, 0.3) is 11.8 Å². The van der Waals surface area contributed by atoms with Gasteiger partial charge in [0.2, 0.25) is 0 Å². The molecule has 2 aromatic carbocycles. The molecular formula is C23H19NO4S2. The Bertz CT molecular complexity index is 1110. The van der Waals surface area contributed by atoms with E-state index in [9.17, 15) is 9.59 Å². The predicted molar refractivity (Wildman–Crippen MR) is 119 cm³/mol. The van der Waals surface area contributed by atoms with Gasteiger partial charge in [-0.05, 0) is 41.3 Å². The molecule has 152 valence electrons. The molecule has 2 heterocycles. The number of benzene rings is 2. The van der Waals surface area contributed by atoms with E-state index in [0.717, 1.165) is 15.3 Å². The molecule has 5 nitrogen and oxygen atoms in total. The highest BCUT2D eigenvalue weighted by Crippen LogP contribution is 2.41. The summed E-state index contributed by atoms with van der Waals surface area (Å²) >= 11 is 2.78. The second-order valence-electron chi connectivity index (χ2n) is 6.48. The van der Waals surface area contributed by atoms with Gasteiger partial charge in [0, 0.05) is 9.77 Å². The standard InChI is InChI=1S/C23H19NO4S2/c1-27-17-11-10-15(13-18(17)28-2)14-24-22(25)20(19-9-6-12-29-19)21(23(24)26)30-16-7-4-3-5-8-16/h3-13H,14H2,1-2H3. The molecule has 0 spiro atoms. The maximum absolute atomic E-state index is 13.3. The third-order valence-corrected chi connectivity index (χ3v) is 6.62. The average Bonchev–Trinajstić information content (AvgIpc) is 3.37. The molecule has 4 rings (SSSR count). The fraction of sp³-hybridized carbons (Fsp3) is 0.130. The van der Waals surface area contributed by atoms with Gasteiger partial charge in [-0.25, -0.2) is 0 Å². The van der Waals surface area contributed by atoms with Crippen LogP contribution in [0.5, 0.6) is 11.5 Å². The number of nitrogens with zero attached hydrogens (tertiary/aromatic N) is 1. The second kappa shape index (κ2) is 8.77. The number of hydrogen-bond donors (Lipinski definition) is 0. The van der Waals surface area contributed by atoms with Gasteiger partial charge in [0.15, 0.2) is 11.5 Å². The maximum atomic E-state index is 13.3. The molecule has 30 heavy (non-hydrogen) atoms. The molecule has 0 radical (unpaired) electrons. The van der Waals surface area contributed by atoms with Crippen LogP contribution < -0.4 is 9.47 Å². The van der Waals surface area contributed by atoms with Crippen LogP contribution in [0, 0.1) is 0 Å². The smallest absolute Gasteiger partial charge is 0.268 e. The predicted octanol–water partition coefficient (Wildman–Crippen LogP) is 4.84. The Labute approximate surface area is 182 Å². The van der Waals surface area contributed by atoms with E-state index in [-0.39, 0.29) is 18.4 Å². The number of amides is 2. The summed E-state index contributed by atoms with van der Waals surface area (Å²) in [6.45, 7) is 0.158. The first-order chi connectivity index (χ1) is 14.6. The largest absolute Gasteiger partial charge is 0.493 e. The normalized spacial score (nSPS) is 13.9. The minimum absolute atomic E-state index is 0.158. The summed E-state index contributed by atoms with van der Waals surface area (Å²) in [6.07, 6.45) is 0. The van der Waals surface area contributed by atoms with Gasteiger partial charge in [-0.2, -0.15) is 0 Å². The molecule has 0 aliphatic carbocycles. The Kier molecular flexibility index (Phi) is 5.92. The highest BCUT2D eigenvalue weighted by molar-refractivity contribution is 8.04. The zero-order valence-corrected chi connectivity index (χ0v) is 18.1. The lowest BCUT2D eigenvalue weighted by molar-refractivity contribution is -0.137. The number of carbonyl (C=O) groups is 2. The van der Waals surface area contributed by atoms with Crippen molar-refractivity contribution in [2.45, 2.75) is 11.4 Å². The topological polar surface area (TPSA) is 55.8 Å². The summed E-state index contributed by atoms with van der Waals surface area (Å²) in [6, 6.07) is 18.7. The first-order valence-electron chi connectivity index (χ1n) is 9.20. The van der Waals surface area contributed by atoms with Crippen molar-refractivity contribution in [1.82, 2.24) is 4.90 Å². The van der Waals surface area contributed by atoms with Crippen LogP contribution in [-0.2, 0) is 16.1 Å². The summed E-state index contributed by atoms with van der Waals surface area (Å²) in [5, 5.41) is 1.90. The Hall–Kier alpha value is -3.03. The van der Waals surface area contributed by atoms with Crippen molar-refractivity contribution in [3.8, 4) is 11.5 Å². The number of carbonyl (C=O) groups excluding carboxylic acids is 2. The van der Waals surface area contributed by atoms with Crippen LogP contribution >= 0.6 is 23.1 Å². The lowest BCUT2D eigenvalue weighted by Gasteiger charge is -2.16. The lowest BCUT2D eigenvalue weighted by Crippen LogP contribution is -2.30. The Morgan fingerprint density at radius 3 is 2.33 bits per heavy atom. The molecule has 0 N–H and O–H groups in total. The van der Waals surface area contributed by atoms with Gasteiger partial charge in [-0.15, -0.1) is 11.3 Å². The van der Waals surface area contributed by atoms with Crippen LogP contribution in [0.15, 0.2) is 75.8 Å². The zero-order valence-electron chi connectivity index (χ0n) is 16.5. The van der Waals surface area contributed by atoms with E-state index in [0.29, 0.717) is 22.0 Å². The quantitative estimate of drug-likeness (QED) is 0.495.